The summed E-state index contributed by atoms with van der Waals surface area (Å²) < 4.78 is 22.1. The first-order chi connectivity index (χ1) is 17.8. The van der Waals surface area contributed by atoms with E-state index in [1.54, 1.807) is 36.4 Å². The van der Waals surface area contributed by atoms with Crippen LogP contribution in [0.25, 0.3) is 0 Å². The first kappa shape index (κ1) is 27.5. The maximum Gasteiger partial charge on any atom is 0.229 e. The van der Waals surface area contributed by atoms with E-state index < -0.39 is 74.6 Å². The van der Waals surface area contributed by atoms with Gasteiger partial charge < -0.3 is 54.7 Å². The number of ether oxygens (including phenoxy) is 4. The third-order valence-electron chi connectivity index (χ3n) is 6.09. The molecule has 0 bridgehead atoms. The molecule has 13 heteroatoms. The van der Waals surface area contributed by atoms with Gasteiger partial charge in [-0.3, -0.25) is 0 Å². The van der Waals surface area contributed by atoms with Crippen LogP contribution in [0.1, 0.15) is 0 Å². The van der Waals surface area contributed by atoms with E-state index in [0.29, 0.717) is 11.4 Å². The van der Waals surface area contributed by atoms with E-state index in [9.17, 15) is 35.7 Å². The fourth-order valence-corrected chi connectivity index (χ4v) is 3.98. The van der Waals surface area contributed by atoms with Crippen LogP contribution in [0, 0.1) is 0 Å². The summed E-state index contributed by atoms with van der Waals surface area (Å²) in [5, 5.41) is 78.9. The molecule has 13 nitrogen and oxygen atoms in total. The Morgan fingerprint density at radius 3 is 1.81 bits per heavy atom. The number of nitrogens with zero attached hydrogens (tertiary/aromatic N) is 2. The number of hydrogen-bond acceptors (Lipinski definition) is 13. The lowest BCUT2D eigenvalue weighted by molar-refractivity contribution is -0.352. The highest BCUT2D eigenvalue weighted by atomic mass is 16.7. The second kappa shape index (κ2) is 12.3. The largest absolute Gasteiger partial charge is 0.462 e. The Hall–Kier alpha value is -2.56. The Bertz CT molecular complexity index is 1010. The van der Waals surface area contributed by atoms with Crippen LogP contribution in [0.2, 0.25) is 0 Å². The molecule has 0 saturated carbocycles. The molecule has 2 aliphatic rings. The summed E-state index contributed by atoms with van der Waals surface area (Å²) in [6, 6.07) is 15.5. The fraction of sp³-hybridized carbons (Fsp3) is 0.500. The zero-order valence-electron chi connectivity index (χ0n) is 19.5. The second-order valence-electron chi connectivity index (χ2n) is 8.65. The van der Waals surface area contributed by atoms with Crippen molar-refractivity contribution in [1.29, 1.82) is 0 Å². The Kier molecular flexibility index (Phi) is 9.15. The smallest absolute Gasteiger partial charge is 0.229 e. The average Bonchev–Trinajstić information content (AvgIpc) is 2.92. The molecule has 202 valence electrons. The maximum atomic E-state index is 10.8. The Labute approximate surface area is 211 Å². The highest BCUT2D eigenvalue weighted by Crippen LogP contribution is 2.31. The summed E-state index contributed by atoms with van der Waals surface area (Å²) in [5.41, 5.74) is 1.22. The first-order valence-corrected chi connectivity index (χ1v) is 11.6. The van der Waals surface area contributed by atoms with Gasteiger partial charge in [-0.05, 0) is 36.4 Å². The van der Waals surface area contributed by atoms with Gasteiger partial charge >= 0.3 is 0 Å². The molecule has 2 aromatic rings. The minimum Gasteiger partial charge on any atom is -0.462 e. The molecule has 7 N–H and O–H groups in total. The van der Waals surface area contributed by atoms with Crippen molar-refractivity contribution in [2.75, 3.05) is 13.2 Å². The summed E-state index contributed by atoms with van der Waals surface area (Å²) in [5.74, 6) is 0.266. The van der Waals surface area contributed by atoms with Gasteiger partial charge in [0.05, 0.1) is 24.6 Å². The number of aliphatic hydroxyl groups excluding tert-OH is 7. The molecule has 2 fully saturated rings. The summed E-state index contributed by atoms with van der Waals surface area (Å²) in [6.45, 7) is -1.34. The number of aliphatic hydroxyl groups is 7. The van der Waals surface area contributed by atoms with Crippen LogP contribution >= 0.6 is 0 Å². The van der Waals surface area contributed by atoms with Crippen LogP contribution in [0.3, 0.4) is 0 Å². The standard InChI is InChI=1S/C24H30N2O11/c27-10-15-17(29)19(31)20(32)23(35-15)37-22-18(30)16(11-28)36-24(21(22)33)34-14-8-6-13(7-9-14)26-25-12-4-2-1-3-5-12/h1-9,15-24,27-33H,10-11H2/t15-,16-,17-,18-,19+,20+,21+,22+,23-,24+/m1/s1. The van der Waals surface area contributed by atoms with Crippen LogP contribution in [0.5, 0.6) is 5.75 Å². The number of hydrogen-bond donors (Lipinski definition) is 7. The van der Waals surface area contributed by atoms with E-state index in [2.05, 4.69) is 10.2 Å². The van der Waals surface area contributed by atoms with Gasteiger partial charge in [0.25, 0.3) is 0 Å². The van der Waals surface area contributed by atoms with E-state index in [-0.39, 0.29) is 5.75 Å². The van der Waals surface area contributed by atoms with E-state index in [1.165, 1.54) is 0 Å². The molecular weight excluding hydrogens is 492 g/mol. The zero-order chi connectivity index (χ0) is 26.5. The van der Waals surface area contributed by atoms with Crippen molar-refractivity contribution in [3.63, 3.8) is 0 Å². The second-order valence-corrected chi connectivity index (χ2v) is 8.65. The van der Waals surface area contributed by atoms with E-state index in [1.807, 2.05) is 18.2 Å². The number of benzene rings is 2. The predicted molar refractivity (Wildman–Crippen MR) is 124 cm³/mol. The van der Waals surface area contributed by atoms with Crippen LogP contribution in [-0.4, -0.2) is 110 Å². The van der Waals surface area contributed by atoms with Crippen molar-refractivity contribution in [2.24, 2.45) is 10.2 Å². The van der Waals surface area contributed by atoms with Gasteiger partial charge in [-0.25, -0.2) is 0 Å². The maximum absolute atomic E-state index is 10.8. The van der Waals surface area contributed by atoms with Gasteiger partial charge in [-0.15, -0.1) is 0 Å². The van der Waals surface area contributed by atoms with Crippen LogP contribution < -0.4 is 4.74 Å². The van der Waals surface area contributed by atoms with Crippen molar-refractivity contribution in [2.45, 2.75) is 61.4 Å². The van der Waals surface area contributed by atoms with Gasteiger partial charge in [-0.1, -0.05) is 18.2 Å². The van der Waals surface area contributed by atoms with Crippen molar-refractivity contribution in [3.8, 4) is 5.75 Å². The predicted octanol–water partition coefficient (Wildman–Crippen LogP) is -0.895. The van der Waals surface area contributed by atoms with E-state index in [4.69, 9.17) is 18.9 Å². The van der Waals surface area contributed by atoms with Gasteiger partial charge in [0, 0.05) is 0 Å². The highest BCUT2D eigenvalue weighted by molar-refractivity contribution is 5.42. The molecular formula is C24H30N2O11. The Morgan fingerprint density at radius 2 is 1.19 bits per heavy atom. The van der Waals surface area contributed by atoms with Crippen molar-refractivity contribution >= 4 is 11.4 Å². The number of azo groups is 1. The van der Waals surface area contributed by atoms with E-state index >= 15 is 0 Å². The molecule has 2 saturated heterocycles. The van der Waals surface area contributed by atoms with Gasteiger partial charge in [0.1, 0.15) is 54.6 Å². The third-order valence-corrected chi connectivity index (χ3v) is 6.09. The topological polar surface area (TPSA) is 203 Å². The molecule has 4 rings (SSSR count). The lowest BCUT2D eigenvalue weighted by atomic mass is 9.97. The lowest BCUT2D eigenvalue weighted by Gasteiger charge is -2.45. The lowest BCUT2D eigenvalue weighted by Crippen LogP contribution is -2.65. The molecule has 37 heavy (non-hydrogen) atoms. The van der Waals surface area contributed by atoms with Crippen molar-refractivity contribution in [1.82, 2.24) is 0 Å². The van der Waals surface area contributed by atoms with Crippen LogP contribution in [-0.2, 0) is 14.2 Å². The number of rotatable bonds is 8. The molecule has 2 aromatic carbocycles. The van der Waals surface area contributed by atoms with Crippen LogP contribution in [0.15, 0.2) is 64.8 Å². The zero-order valence-corrected chi connectivity index (χ0v) is 19.5. The summed E-state index contributed by atoms with van der Waals surface area (Å²) in [4.78, 5) is 0. The molecule has 0 spiro atoms. The van der Waals surface area contributed by atoms with Crippen molar-refractivity contribution < 1.29 is 54.7 Å². The Morgan fingerprint density at radius 1 is 0.622 bits per heavy atom. The Balaban J connectivity index is 1.44. The highest BCUT2D eigenvalue weighted by Gasteiger charge is 2.51. The quantitative estimate of drug-likeness (QED) is 0.212. The third kappa shape index (κ3) is 6.30. The van der Waals surface area contributed by atoms with Gasteiger partial charge in [-0.2, -0.15) is 10.2 Å². The molecule has 0 aromatic heterocycles. The average molecular weight is 523 g/mol. The molecule has 0 radical (unpaired) electrons. The first-order valence-electron chi connectivity index (χ1n) is 11.6. The molecule has 0 aliphatic carbocycles. The minimum absolute atomic E-state index is 0.266. The molecule has 2 heterocycles. The molecule has 2 aliphatic heterocycles. The SMILES string of the molecule is OC[C@H]1O[C@H](O[C@@H]2[C@H](O)[C@@H](Oc3ccc(N=Nc4ccccc4)cc3)O[C@H](CO)[C@H]2O)[C@@H](O)[C@@H](O)[C@@H]1O. The monoisotopic (exact) mass is 522 g/mol. The molecule has 10 atom stereocenters. The normalized spacial score (nSPS) is 36.5. The van der Waals surface area contributed by atoms with Crippen LogP contribution in [0.4, 0.5) is 11.4 Å². The fourth-order valence-electron chi connectivity index (χ4n) is 3.98. The summed E-state index contributed by atoms with van der Waals surface area (Å²) in [6.07, 6.45) is -15.3. The van der Waals surface area contributed by atoms with E-state index in [0.717, 1.165) is 0 Å². The minimum atomic E-state index is -1.76. The van der Waals surface area contributed by atoms with Crippen molar-refractivity contribution in [3.05, 3.63) is 54.6 Å². The molecule has 0 unspecified atom stereocenters. The summed E-state index contributed by atoms with van der Waals surface area (Å²) >= 11 is 0. The molecule has 0 amide bonds. The summed E-state index contributed by atoms with van der Waals surface area (Å²) in [7, 11) is 0. The van der Waals surface area contributed by atoms with Gasteiger partial charge in [0.15, 0.2) is 6.29 Å². The van der Waals surface area contributed by atoms with Gasteiger partial charge in [0.2, 0.25) is 6.29 Å².